The van der Waals surface area contributed by atoms with Gasteiger partial charge in [0.25, 0.3) is 30.4 Å². The highest BCUT2D eigenvalue weighted by molar-refractivity contribution is 7.91. The summed E-state index contributed by atoms with van der Waals surface area (Å²) in [4.78, 5) is -3.43. The number of azo groups is 1. The van der Waals surface area contributed by atoms with Crippen LogP contribution in [0.25, 0.3) is 10.8 Å². The van der Waals surface area contributed by atoms with E-state index in [4.69, 9.17) is 20.6 Å². The third-order valence-corrected chi connectivity index (χ3v) is 11.4. The summed E-state index contributed by atoms with van der Waals surface area (Å²) in [7, 11) is -22.2. The van der Waals surface area contributed by atoms with Crippen LogP contribution in [0, 0.1) is 11.6 Å². The Balaban J connectivity index is 0.000000313. The number of phenols is 1. The zero-order valence-electron chi connectivity index (χ0n) is 26.1. The topological polar surface area (TPSA) is 370 Å². The van der Waals surface area contributed by atoms with Crippen molar-refractivity contribution in [3.05, 3.63) is 60.2 Å². The van der Waals surface area contributed by atoms with Gasteiger partial charge in [0, 0.05) is 30.0 Å². The number of nitrogens with zero attached hydrogens (tertiary/aromatic N) is 2. The first-order chi connectivity index (χ1) is 24.1. The maximum atomic E-state index is 13.6. The van der Waals surface area contributed by atoms with Crippen LogP contribution in [0.4, 0.5) is 37.2 Å². The molecule has 4 rings (SSSR count). The molecule has 0 saturated heterocycles. The minimum Gasteiger partial charge on any atom is -0.505 e. The molecule has 4 aromatic carbocycles. The van der Waals surface area contributed by atoms with E-state index >= 15 is 0 Å². The van der Waals surface area contributed by atoms with Crippen LogP contribution < -0.4 is 16.8 Å². The Hall–Kier alpha value is -4.65. The molecule has 0 aliphatic heterocycles. The van der Waals surface area contributed by atoms with Crippen molar-refractivity contribution >= 4 is 89.8 Å². The van der Waals surface area contributed by atoms with E-state index in [9.17, 15) is 65.1 Å². The number of anilines is 3. The standard InChI is InChI=1S/C17H14F2N4O7S2.C8H11NO9S3/c1-21-11-3-2-7-8(15(11)20)4-14(32(28,29)30)16(17(7)24)23-22-12-5-9(18)10(19)6-13(12)31(25,26)27;9-7-2-1-6(5-8(7)20(12,13)14)19(10,11)4-3-18-21(15,16)17/h2-6,21,24H,20H2,1H3,(H,25,26,27)(H,28,29,30);1-2,5H,3-4,9H2,(H,12,13,14)(H,15,16,17). The summed E-state index contributed by atoms with van der Waals surface area (Å²) in [6, 6.07) is 6.69. The first kappa shape index (κ1) is 42.8. The van der Waals surface area contributed by atoms with Crippen molar-refractivity contribution in [1.29, 1.82) is 0 Å². The lowest BCUT2D eigenvalue weighted by molar-refractivity contribution is 0.284. The minimum absolute atomic E-state index is 0.0110. The number of rotatable bonds is 11. The Morgan fingerprint density at radius 2 is 1.28 bits per heavy atom. The number of phenolic OH excluding ortho intramolecular Hbond substituents is 1. The second-order valence-electron chi connectivity index (χ2n) is 10.1. The molecular weight excluding hydrogens is 825 g/mol. The maximum absolute atomic E-state index is 13.6. The number of aromatic hydroxyl groups is 1. The van der Waals surface area contributed by atoms with Crippen molar-refractivity contribution in [1.82, 2.24) is 0 Å². The molecule has 0 heterocycles. The average Bonchev–Trinajstić information content (AvgIpc) is 3.00. The predicted molar refractivity (Wildman–Crippen MR) is 180 cm³/mol. The van der Waals surface area contributed by atoms with Crippen molar-refractivity contribution < 1.29 is 78.4 Å². The number of hydrogen-bond acceptors (Lipinski definition) is 17. The fourth-order valence-corrected chi connectivity index (χ4v) is 7.65. The maximum Gasteiger partial charge on any atom is 0.397 e. The number of hydrogen-bond donors (Lipinski definition) is 8. The lowest BCUT2D eigenvalue weighted by Crippen LogP contribution is -2.16. The first-order valence-electron chi connectivity index (χ1n) is 13.4. The lowest BCUT2D eigenvalue weighted by Gasteiger charge is -2.13. The molecule has 0 aliphatic rings. The largest absolute Gasteiger partial charge is 0.505 e. The van der Waals surface area contributed by atoms with Gasteiger partial charge in [0.2, 0.25) is 0 Å². The number of nitrogens with one attached hydrogen (secondary N) is 1. The number of fused-ring (bicyclic) bond motifs is 1. The van der Waals surface area contributed by atoms with Gasteiger partial charge in [-0.15, -0.1) is 10.2 Å². The van der Waals surface area contributed by atoms with Crippen LogP contribution in [0.1, 0.15) is 0 Å². The van der Waals surface area contributed by atoms with Crippen LogP contribution in [-0.4, -0.2) is 84.8 Å². The highest BCUT2D eigenvalue weighted by Crippen LogP contribution is 2.44. The van der Waals surface area contributed by atoms with Crippen LogP contribution in [0.3, 0.4) is 0 Å². The second-order valence-corrected chi connectivity index (χ2v) is 17.4. The van der Waals surface area contributed by atoms with Crippen molar-refractivity contribution in [3.63, 3.8) is 0 Å². The number of nitrogens with two attached hydrogens (primary N) is 2. The molecule has 0 radical (unpaired) electrons. The lowest BCUT2D eigenvalue weighted by atomic mass is 10.1. The van der Waals surface area contributed by atoms with Crippen molar-refractivity contribution in [2.75, 3.05) is 36.2 Å². The summed E-state index contributed by atoms with van der Waals surface area (Å²) in [5.41, 5.74) is 9.56. The Morgan fingerprint density at radius 1 is 0.717 bits per heavy atom. The Bertz CT molecular complexity index is 2710. The summed E-state index contributed by atoms with van der Waals surface area (Å²) in [5, 5.41) is 20.1. The van der Waals surface area contributed by atoms with Gasteiger partial charge in [-0.1, -0.05) is 0 Å². The molecule has 0 fully saturated rings. The molecular formula is C25H25F2N5O16S5. The van der Waals surface area contributed by atoms with Gasteiger partial charge in [-0.25, -0.2) is 21.4 Å². The van der Waals surface area contributed by atoms with Gasteiger partial charge in [-0.2, -0.15) is 33.7 Å². The molecule has 0 aliphatic carbocycles. The fourth-order valence-electron chi connectivity index (χ4n) is 4.16. The van der Waals surface area contributed by atoms with Gasteiger partial charge in [0.05, 0.1) is 34.3 Å². The fraction of sp³-hybridized carbons (Fsp3) is 0.120. The molecule has 0 aromatic heterocycles. The highest BCUT2D eigenvalue weighted by atomic mass is 32.3. The number of benzene rings is 4. The van der Waals surface area contributed by atoms with E-state index in [1.165, 1.54) is 19.2 Å². The van der Waals surface area contributed by atoms with Gasteiger partial charge >= 0.3 is 10.4 Å². The van der Waals surface area contributed by atoms with Crippen molar-refractivity contribution in [2.24, 2.45) is 10.2 Å². The van der Waals surface area contributed by atoms with Crippen LogP contribution in [-0.2, 0) is 54.8 Å². The van der Waals surface area contributed by atoms with E-state index in [0.29, 0.717) is 11.8 Å². The summed E-state index contributed by atoms with van der Waals surface area (Å²) in [5.74, 6) is -4.82. The monoisotopic (exact) mass is 849 g/mol. The van der Waals surface area contributed by atoms with E-state index in [2.05, 4.69) is 19.7 Å². The second kappa shape index (κ2) is 15.4. The summed E-state index contributed by atoms with van der Waals surface area (Å²) in [6.45, 7) is -0.868. The number of halogens is 2. The molecule has 0 spiro atoms. The van der Waals surface area contributed by atoms with Gasteiger partial charge in [0.15, 0.2) is 27.2 Å². The normalized spacial score (nSPS) is 12.8. The molecule has 53 heavy (non-hydrogen) atoms. The van der Waals surface area contributed by atoms with Gasteiger partial charge in [-0.05, 0) is 36.4 Å². The molecule has 0 saturated carbocycles. The molecule has 0 amide bonds. The van der Waals surface area contributed by atoms with Crippen LogP contribution in [0.15, 0.2) is 78.3 Å². The molecule has 28 heteroatoms. The zero-order valence-corrected chi connectivity index (χ0v) is 30.2. The Morgan fingerprint density at radius 3 is 1.81 bits per heavy atom. The average molecular weight is 850 g/mol. The third kappa shape index (κ3) is 10.5. The summed E-state index contributed by atoms with van der Waals surface area (Å²) < 4.78 is 180. The molecule has 4 aromatic rings. The molecule has 0 bridgehead atoms. The highest BCUT2D eigenvalue weighted by Gasteiger charge is 2.25. The van der Waals surface area contributed by atoms with E-state index in [1.54, 1.807) is 0 Å². The summed E-state index contributed by atoms with van der Waals surface area (Å²) in [6.07, 6.45) is 0. The Kier molecular flexibility index (Phi) is 12.4. The number of nitrogen functional groups attached to an aromatic ring is 2. The SMILES string of the molecule is CNc1ccc2c(O)c(N=Nc3cc(F)c(F)cc3S(=O)(=O)O)c(S(=O)(=O)O)cc2c1N.Nc1ccc(S(=O)(=O)CCOS(=O)(=O)O)cc1S(=O)(=O)O. The molecule has 21 nitrogen and oxygen atoms in total. The predicted octanol–water partition coefficient (Wildman–Crippen LogP) is 2.46. The third-order valence-electron chi connectivity index (χ3n) is 6.57. The zero-order chi connectivity index (χ0) is 40.5. The molecule has 290 valence electrons. The van der Waals surface area contributed by atoms with Crippen molar-refractivity contribution in [3.8, 4) is 5.75 Å². The Labute approximate surface area is 299 Å². The quantitative estimate of drug-likeness (QED) is 0.0610. The van der Waals surface area contributed by atoms with Crippen LogP contribution in [0.5, 0.6) is 5.75 Å². The van der Waals surface area contributed by atoms with Gasteiger partial charge < -0.3 is 21.9 Å². The summed E-state index contributed by atoms with van der Waals surface area (Å²) >= 11 is 0. The minimum atomic E-state index is -5.09. The van der Waals surface area contributed by atoms with Gasteiger partial charge in [-0.3, -0.25) is 18.2 Å². The molecule has 0 atom stereocenters. The van der Waals surface area contributed by atoms with Crippen LogP contribution in [0.2, 0.25) is 0 Å². The molecule has 0 unspecified atom stereocenters. The molecule has 10 N–H and O–H groups in total. The van der Waals surface area contributed by atoms with E-state index in [-0.39, 0.29) is 34.3 Å². The van der Waals surface area contributed by atoms with Crippen LogP contribution >= 0.6 is 0 Å². The smallest absolute Gasteiger partial charge is 0.397 e. The van der Waals surface area contributed by atoms with Gasteiger partial charge in [0.1, 0.15) is 26.1 Å². The number of sulfone groups is 1. The van der Waals surface area contributed by atoms with E-state index in [0.717, 1.165) is 18.2 Å². The first-order valence-corrected chi connectivity index (χ1v) is 20.8. The van der Waals surface area contributed by atoms with Crippen molar-refractivity contribution in [2.45, 2.75) is 19.6 Å². The van der Waals surface area contributed by atoms with E-state index in [1.807, 2.05) is 0 Å². The van der Waals surface area contributed by atoms with E-state index < -0.39 is 111 Å².